The zero-order valence-electron chi connectivity index (χ0n) is 14.9. The number of para-hydroxylation sites is 1. The van der Waals surface area contributed by atoms with Crippen LogP contribution in [-0.4, -0.2) is 18.5 Å². The molecule has 3 aromatic carbocycles. The number of amides is 1. The lowest BCUT2D eigenvalue weighted by atomic mass is 10.1. The standard InChI is InChI=1S/C22H18FNO4/c23-17-11-13-18(14-12-17)24-22(26)21(16-7-3-1-4-8-16)28-20(25)15-27-19-9-5-2-6-10-19/h1-14,21H,15H2,(H,24,26)/t21-/m1/s1. The normalized spacial score (nSPS) is 11.3. The summed E-state index contributed by atoms with van der Waals surface area (Å²) in [6.45, 7) is -0.336. The molecule has 0 radical (unpaired) electrons. The number of hydrogen-bond acceptors (Lipinski definition) is 4. The van der Waals surface area contributed by atoms with Gasteiger partial charge in [-0.3, -0.25) is 4.79 Å². The number of carbonyl (C=O) groups excluding carboxylic acids is 2. The summed E-state index contributed by atoms with van der Waals surface area (Å²) >= 11 is 0. The van der Waals surface area contributed by atoms with E-state index in [-0.39, 0.29) is 6.61 Å². The molecule has 0 aliphatic heterocycles. The minimum absolute atomic E-state index is 0.336. The van der Waals surface area contributed by atoms with Gasteiger partial charge in [-0.2, -0.15) is 0 Å². The van der Waals surface area contributed by atoms with Crippen LogP contribution in [0.3, 0.4) is 0 Å². The van der Waals surface area contributed by atoms with Gasteiger partial charge in [0.1, 0.15) is 11.6 Å². The third kappa shape index (κ3) is 5.41. The Labute approximate surface area is 161 Å². The monoisotopic (exact) mass is 379 g/mol. The van der Waals surface area contributed by atoms with E-state index in [1.807, 2.05) is 6.07 Å². The molecule has 0 bridgehead atoms. The van der Waals surface area contributed by atoms with Crippen LogP contribution in [0, 0.1) is 5.82 Å². The molecule has 28 heavy (non-hydrogen) atoms. The Kier molecular flexibility index (Phi) is 6.36. The molecule has 6 heteroatoms. The Balaban J connectivity index is 1.69. The molecule has 1 amide bonds. The van der Waals surface area contributed by atoms with Crippen LogP contribution in [0.1, 0.15) is 11.7 Å². The Bertz CT molecular complexity index is 914. The number of benzene rings is 3. The number of carbonyl (C=O) groups is 2. The van der Waals surface area contributed by atoms with E-state index in [1.165, 1.54) is 24.3 Å². The van der Waals surface area contributed by atoms with E-state index in [4.69, 9.17) is 9.47 Å². The SMILES string of the molecule is O=C(COc1ccccc1)O[C@@H](C(=O)Nc1ccc(F)cc1)c1ccccc1. The first-order chi connectivity index (χ1) is 13.6. The van der Waals surface area contributed by atoms with E-state index in [0.717, 1.165) is 0 Å². The maximum atomic E-state index is 13.0. The van der Waals surface area contributed by atoms with Gasteiger partial charge in [0, 0.05) is 11.3 Å². The van der Waals surface area contributed by atoms with E-state index in [2.05, 4.69) is 5.32 Å². The fourth-order valence-corrected chi connectivity index (χ4v) is 2.47. The van der Waals surface area contributed by atoms with Crippen molar-refractivity contribution in [3.05, 3.63) is 96.3 Å². The second kappa shape index (κ2) is 9.32. The minimum atomic E-state index is -1.17. The van der Waals surface area contributed by atoms with E-state index in [9.17, 15) is 14.0 Å². The Morgan fingerprint density at radius 2 is 1.46 bits per heavy atom. The predicted octanol–water partition coefficient (Wildman–Crippen LogP) is 4.13. The lowest BCUT2D eigenvalue weighted by Gasteiger charge is -2.18. The van der Waals surface area contributed by atoms with Gasteiger partial charge in [-0.15, -0.1) is 0 Å². The van der Waals surface area contributed by atoms with Crippen molar-refractivity contribution < 1.29 is 23.5 Å². The molecule has 1 atom stereocenters. The van der Waals surface area contributed by atoms with E-state index < -0.39 is 23.8 Å². The van der Waals surface area contributed by atoms with Crippen molar-refractivity contribution in [3.63, 3.8) is 0 Å². The van der Waals surface area contributed by atoms with E-state index in [0.29, 0.717) is 17.0 Å². The molecule has 0 fully saturated rings. The summed E-state index contributed by atoms with van der Waals surface area (Å²) in [4.78, 5) is 24.9. The van der Waals surface area contributed by atoms with Gasteiger partial charge in [-0.05, 0) is 36.4 Å². The highest BCUT2D eigenvalue weighted by molar-refractivity contribution is 5.96. The highest BCUT2D eigenvalue weighted by atomic mass is 19.1. The van der Waals surface area contributed by atoms with Gasteiger partial charge < -0.3 is 14.8 Å². The first-order valence-electron chi connectivity index (χ1n) is 8.60. The first kappa shape index (κ1) is 19.1. The van der Waals surface area contributed by atoms with Gasteiger partial charge >= 0.3 is 5.97 Å². The number of hydrogen-bond donors (Lipinski definition) is 1. The van der Waals surface area contributed by atoms with Crippen LogP contribution in [0.5, 0.6) is 5.75 Å². The fourth-order valence-electron chi connectivity index (χ4n) is 2.47. The lowest BCUT2D eigenvalue weighted by Crippen LogP contribution is -2.28. The van der Waals surface area contributed by atoms with Crippen LogP contribution < -0.4 is 10.1 Å². The molecule has 3 aromatic rings. The summed E-state index contributed by atoms with van der Waals surface area (Å²) in [7, 11) is 0. The van der Waals surface area contributed by atoms with Gasteiger partial charge in [0.2, 0.25) is 6.10 Å². The quantitative estimate of drug-likeness (QED) is 0.627. The number of nitrogens with one attached hydrogen (secondary N) is 1. The molecule has 3 rings (SSSR count). The number of esters is 1. The molecule has 0 spiro atoms. The zero-order valence-corrected chi connectivity index (χ0v) is 14.9. The average molecular weight is 379 g/mol. The molecular formula is C22H18FNO4. The van der Waals surface area contributed by atoms with Crippen molar-refractivity contribution in [2.24, 2.45) is 0 Å². The van der Waals surface area contributed by atoms with Gasteiger partial charge in [0.05, 0.1) is 0 Å². The summed E-state index contributed by atoms with van der Waals surface area (Å²) in [6, 6.07) is 22.8. The maximum absolute atomic E-state index is 13.0. The van der Waals surface area contributed by atoms with Crippen LogP contribution in [0.15, 0.2) is 84.9 Å². The number of halogens is 1. The van der Waals surface area contributed by atoms with Crippen molar-refractivity contribution >= 4 is 17.6 Å². The molecule has 0 aliphatic rings. The number of anilines is 1. The van der Waals surface area contributed by atoms with Crippen molar-refractivity contribution in [3.8, 4) is 5.75 Å². The van der Waals surface area contributed by atoms with E-state index >= 15 is 0 Å². The second-order valence-corrected chi connectivity index (χ2v) is 5.88. The number of rotatable bonds is 7. The molecular weight excluding hydrogens is 361 g/mol. The topological polar surface area (TPSA) is 64.6 Å². The second-order valence-electron chi connectivity index (χ2n) is 5.88. The van der Waals surface area contributed by atoms with Gasteiger partial charge in [0.15, 0.2) is 6.61 Å². The highest BCUT2D eigenvalue weighted by Crippen LogP contribution is 2.21. The molecule has 0 aromatic heterocycles. The van der Waals surface area contributed by atoms with Crippen LogP contribution >= 0.6 is 0 Å². The largest absolute Gasteiger partial charge is 0.482 e. The highest BCUT2D eigenvalue weighted by Gasteiger charge is 2.25. The first-order valence-corrected chi connectivity index (χ1v) is 8.60. The van der Waals surface area contributed by atoms with Crippen LogP contribution in [0.4, 0.5) is 10.1 Å². The van der Waals surface area contributed by atoms with Crippen molar-refractivity contribution in [2.45, 2.75) is 6.10 Å². The smallest absolute Gasteiger partial charge is 0.345 e. The predicted molar refractivity (Wildman–Crippen MR) is 102 cm³/mol. The Hall–Kier alpha value is -3.67. The van der Waals surface area contributed by atoms with Crippen LogP contribution in [0.2, 0.25) is 0 Å². The van der Waals surface area contributed by atoms with Crippen LogP contribution in [-0.2, 0) is 14.3 Å². The molecule has 5 nitrogen and oxygen atoms in total. The van der Waals surface area contributed by atoms with Crippen molar-refractivity contribution in [1.29, 1.82) is 0 Å². The van der Waals surface area contributed by atoms with Gasteiger partial charge in [-0.1, -0.05) is 48.5 Å². The van der Waals surface area contributed by atoms with Crippen molar-refractivity contribution in [1.82, 2.24) is 0 Å². The summed E-state index contributed by atoms with van der Waals surface area (Å²) in [5.74, 6) is -1.13. The maximum Gasteiger partial charge on any atom is 0.345 e. The minimum Gasteiger partial charge on any atom is -0.482 e. The summed E-state index contributed by atoms with van der Waals surface area (Å²) in [5, 5.41) is 2.62. The molecule has 1 N–H and O–H groups in total. The Morgan fingerprint density at radius 1 is 0.857 bits per heavy atom. The average Bonchev–Trinajstić information content (AvgIpc) is 2.73. The Morgan fingerprint density at radius 3 is 2.11 bits per heavy atom. The molecule has 142 valence electrons. The molecule has 0 saturated carbocycles. The number of ether oxygens (including phenoxy) is 2. The zero-order chi connectivity index (χ0) is 19.8. The third-order valence-corrected chi connectivity index (χ3v) is 3.80. The summed E-state index contributed by atoms with van der Waals surface area (Å²) in [5.41, 5.74) is 0.902. The molecule has 0 aliphatic carbocycles. The molecule has 0 saturated heterocycles. The summed E-state index contributed by atoms with van der Waals surface area (Å²) < 4.78 is 23.8. The lowest BCUT2D eigenvalue weighted by molar-refractivity contribution is -0.156. The third-order valence-electron chi connectivity index (χ3n) is 3.80. The van der Waals surface area contributed by atoms with Gasteiger partial charge in [0.25, 0.3) is 5.91 Å². The molecule has 0 heterocycles. The fraction of sp³-hybridized carbons (Fsp3) is 0.0909. The van der Waals surface area contributed by atoms with Crippen LogP contribution in [0.25, 0.3) is 0 Å². The summed E-state index contributed by atoms with van der Waals surface area (Å²) in [6.07, 6.45) is -1.17. The van der Waals surface area contributed by atoms with Gasteiger partial charge in [-0.25, -0.2) is 9.18 Å². The van der Waals surface area contributed by atoms with E-state index in [1.54, 1.807) is 54.6 Å². The molecule has 0 unspecified atom stereocenters. The van der Waals surface area contributed by atoms with Crippen molar-refractivity contribution in [2.75, 3.05) is 11.9 Å².